The lowest BCUT2D eigenvalue weighted by atomic mass is 10.1. The van der Waals surface area contributed by atoms with Crippen molar-refractivity contribution in [2.75, 3.05) is 0 Å². The zero-order valence-corrected chi connectivity index (χ0v) is 8.55. The van der Waals surface area contributed by atoms with E-state index in [4.69, 9.17) is 0 Å². The third-order valence-electron chi connectivity index (χ3n) is 2.33. The van der Waals surface area contributed by atoms with Crippen molar-refractivity contribution in [2.45, 2.75) is 38.0 Å². The van der Waals surface area contributed by atoms with E-state index in [2.05, 4.69) is 25.7 Å². The lowest BCUT2D eigenvalue weighted by Gasteiger charge is -2.27. The molecule has 0 heterocycles. The Balaban J connectivity index is 2.65. The summed E-state index contributed by atoms with van der Waals surface area (Å²) < 4.78 is 0. The minimum atomic E-state index is -1.03. The Labute approximate surface area is 69.5 Å². The third-order valence-corrected chi connectivity index (χ3v) is 5.03. The molecule has 0 aliphatic heterocycles. The molecule has 1 aliphatic rings. The molecule has 0 aromatic rings. The minimum absolute atomic E-state index is 0.305. The summed E-state index contributed by atoms with van der Waals surface area (Å²) in [7, 11) is -1.03. The third kappa shape index (κ3) is 2.29. The monoisotopic (exact) mass is 168 g/mol. The highest BCUT2D eigenvalue weighted by molar-refractivity contribution is 6.78. The first kappa shape index (κ1) is 8.72. The van der Waals surface area contributed by atoms with E-state index in [1.807, 2.05) is 0 Å². The van der Waals surface area contributed by atoms with Crippen LogP contribution in [-0.4, -0.2) is 13.9 Å². The highest BCUT2D eigenvalue weighted by atomic mass is 28.3. The van der Waals surface area contributed by atoms with Crippen LogP contribution in [0.1, 0.15) is 12.8 Å². The molecular weight excluding hydrogens is 152 g/mol. The maximum Gasteiger partial charge on any atom is 0.155 e. The van der Waals surface area contributed by atoms with E-state index in [-0.39, 0.29) is 0 Å². The lowest BCUT2D eigenvalue weighted by Crippen LogP contribution is -2.28. The second kappa shape index (κ2) is 2.93. The van der Waals surface area contributed by atoms with Gasteiger partial charge in [0.15, 0.2) is 5.78 Å². The van der Waals surface area contributed by atoms with Gasteiger partial charge >= 0.3 is 0 Å². The van der Waals surface area contributed by atoms with Crippen LogP contribution in [0.3, 0.4) is 0 Å². The van der Waals surface area contributed by atoms with Crippen molar-refractivity contribution in [1.29, 1.82) is 0 Å². The summed E-state index contributed by atoms with van der Waals surface area (Å²) in [6, 6.07) is 0. The number of carbonyl (C=O) groups excluding carboxylic acids is 1. The van der Waals surface area contributed by atoms with Gasteiger partial charge in [-0.2, -0.15) is 0 Å². The smallest absolute Gasteiger partial charge is 0.155 e. The highest BCUT2D eigenvalue weighted by Crippen LogP contribution is 2.30. The molecule has 0 spiro atoms. The number of rotatable bonds is 1. The SMILES string of the molecule is C[Si](C)(C)C1C=CC(=O)CC1. The van der Waals surface area contributed by atoms with Gasteiger partial charge in [0.1, 0.15) is 0 Å². The number of ketones is 1. The van der Waals surface area contributed by atoms with Crippen molar-refractivity contribution < 1.29 is 4.79 Å². The van der Waals surface area contributed by atoms with Gasteiger partial charge in [-0.3, -0.25) is 4.79 Å². The summed E-state index contributed by atoms with van der Waals surface area (Å²) in [6.07, 6.45) is 5.75. The van der Waals surface area contributed by atoms with Crippen molar-refractivity contribution in [2.24, 2.45) is 0 Å². The van der Waals surface area contributed by atoms with Crippen LogP contribution in [0.2, 0.25) is 25.2 Å². The van der Waals surface area contributed by atoms with Crippen molar-refractivity contribution in [3.8, 4) is 0 Å². The molecule has 1 rings (SSSR count). The van der Waals surface area contributed by atoms with Gasteiger partial charge in [-0.15, -0.1) is 0 Å². The predicted molar refractivity (Wildman–Crippen MR) is 50.5 cm³/mol. The quantitative estimate of drug-likeness (QED) is 0.550. The molecule has 0 aromatic heterocycles. The van der Waals surface area contributed by atoms with Crippen LogP contribution >= 0.6 is 0 Å². The summed E-state index contributed by atoms with van der Waals surface area (Å²) in [5.41, 5.74) is 0.722. The Kier molecular flexibility index (Phi) is 2.33. The van der Waals surface area contributed by atoms with Crippen LogP contribution in [0.25, 0.3) is 0 Å². The molecule has 0 N–H and O–H groups in total. The molecule has 0 bridgehead atoms. The molecule has 0 amide bonds. The average Bonchev–Trinajstić information content (AvgIpc) is 1.86. The summed E-state index contributed by atoms with van der Waals surface area (Å²) in [4.78, 5) is 10.9. The molecule has 0 saturated carbocycles. The molecule has 0 saturated heterocycles. The molecule has 1 unspecified atom stereocenters. The zero-order valence-electron chi connectivity index (χ0n) is 7.55. The van der Waals surface area contributed by atoms with Crippen LogP contribution in [0, 0.1) is 0 Å². The molecule has 0 aromatic carbocycles. The summed E-state index contributed by atoms with van der Waals surface area (Å²) in [5.74, 6) is 0.305. The van der Waals surface area contributed by atoms with Crippen molar-refractivity contribution >= 4 is 13.9 Å². The van der Waals surface area contributed by atoms with Gasteiger partial charge in [-0.1, -0.05) is 25.7 Å². The molecule has 0 radical (unpaired) electrons. The Bertz CT molecular complexity index is 188. The Morgan fingerprint density at radius 3 is 2.45 bits per heavy atom. The second-order valence-electron chi connectivity index (χ2n) is 4.34. The minimum Gasteiger partial charge on any atom is -0.295 e. The first-order chi connectivity index (χ1) is 5.00. The maximum atomic E-state index is 10.9. The van der Waals surface area contributed by atoms with Crippen LogP contribution in [0.4, 0.5) is 0 Å². The normalized spacial score (nSPS) is 25.7. The molecule has 1 nitrogen and oxygen atoms in total. The van der Waals surface area contributed by atoms with Gasteiger partial charge in [0.25, 0.3) is 0 Å². The van der Waals surface area contributed by atoms with Crippen molar-refractivity contribution in [1.82, 2.24) is 0 Å². The van der Waals surface area contributed by atoms with E-state index in [1.165, 1.54) is 0 Å². The first-order valence-corrected chi connectivity index (χ1v) is 7.79. The fourth-order valence-electron chi connectivity index (χ4n) is 1.42. The average molecular weight is 168 g/mol. The fraction of sp³-hybridized carbons (Fsp3) is 0.667. The molecule has 1 aliphatic carbocycles. The number of carbonyl (C=O) groups is 1. The predicted octanol–water partition coefficient (Wildman–Crippen LogP) is 2.61. The van der Waals surface area contributed by atoms with E-state index in [9.17, 15) is 4.79 Å². The standard InChI is InChI=1S/C9H16OSi/c1-11(2,3)9-6-4-8(10)5-7-9/h4,6,9H,5,7H2,1-3H3. The highest BCUT2D eigenvalue weighted by Gasteiger charge is 2.26. The number of hydrogen-bond acceptors (Lipinski definition) is 1. The fourth-order valence-corrected chi connectivity index (χ4v) is 3.11. The van der Waals surface area contributed by atoms with Gasteiger partial charge in [0, 0.05) is 6.42 Å². The zero-order chi connectivity index (χ0) is 8.48. The summed E-state index contributed by atoms with van der Waals surface area (Å²) in [5, 5.41) is 0. The number of hydrogen-bond donors (Lipinski definition) is 0. The second-order valence-corrected chi connectivity index (χ2v) is 9.81. The van der Waals surface area contributed by atoms with Crippen molar-refractivity contribution in [3.63, 3.8) is 0 Å². The Morgan fingerprint density at radius 2 is 2.09 bits per heavy atom. The van der Waals surface area contributed by atoms with Crippen LogP contribution < -0.4 is 0 Å². The topological polar surface area (TPSA) is 17.1 Å². The van der Waals surface area contributed by atoms with Gasteiger partial charge in [-0.05, 0) is 18.0 Å². The van der Waals surface area contributed by atoms with Gasteiger partial charge in [-0.25, -0.2) is 0 Å². The molecule has 11 heavy (non-hydrogen) atoms. The van der Waals surface area contributed by atoms with E-state index < -0.39 is 8.07 Å². The van der Waals surface area contributed by atoms with Gasteiger partial charge < -0.3 is 0 Å². The van der Waals surface area contributed by atoms with Crippen LogP contribution in [0.15, 0.2) is 12.2 Å². The molecular formula is C9H16OSi. The Morgan fingerprint density at radius 1 is 1.45 bits per heavy atom. The molecule has 62 valence electrons. The van der Waals surface area contributed by atoms with E-state index in [0.717, 1.165) is 18.4 Å². The Hall–Kier alpha value is -0.373. The largest absolute Gasteiger partial charge is 0.295 e. The number of allylic oxidation sites excluding steroid dienone is 2. The summed E-state index contributed by atoms with van der Waals surface area (Å²) in [6.45, 7) is 7.08. The van der Waals surface area contributed by atoms with E-state index in [1.54, 1.807) is 6.08 Å². The van der Waals surface area contributed by atoms with E-state index >= 15 is 0 Å². The maximum absolute atomic E-state index is 10.9. The van der Waals surface area contributed by atoms with Crippen LogP contribution in [-0.2, 0) is 4.79 Å². The van der Waals surface area contributed by atoms with Crippen LogP contribution in [0.5, 0.6) is 0 Å². The van der Waals surface area contributed by atoms with E-state index in [0.29, 0.717) is 5.78 Å². The van der Waals surface area contributed by atoms with Gasteiger partial charge in [0.2, 0.25) is 0 Å². The first-order valence-electron chi connectivity index (χ1n) is 4.21. The van der Waals surface area contributed by atoms with Gasteiger partial charge in [0.05, 0.1) is 8.07 Å². The molecule has 2 heteroatoms. The molecule has 1 atom stereocenters. The lowest BCUT2D eigenvalue weighted by molar-refractivity contribution is -0.114. The summed E-state index contributed by atoms with van der Waals surface area (Å²) >= 11 is 0. The molecule has 0 fully saturated rings. The van der Waals surface area contributed by atoms with Crippen molar-refractivity contribution in [3.05, 3.63) is 12.2 Å².